The van der Waals surface area contributed by atoms with Gasteiger partial charge >= 0.3 is 0 Å². The van der Waals surface area contributed by atoms with Crippen LogP contribution in [0.25, 0.3) is 0 Å². The van der Waals surface area contributed by atoms with E-state index in [-0.39, 0.29) is 5.41 Å². The molecule has 4 nitrogen and oxygen atoms in total. The van der Waals surface area contributed by atoms with Gasteiger partial charge in [0.1, 0.15) is 11.1 Å². The van der Waals surface area contributed by atoms with Crippen molar-refractivity contribution in [1.29, 1.82) is 5.26 Å². The van der Waals surface area contributed by atoms with Gasteiger partial charge in [-0.2, -0.15) is 5.26 Å². The van der Waals surface area contributed by atoms with Crippen LogP contribution in [0, 0.1) is 11.3 Å². The molecule has 1 heterocycles. The van der Waals surface area contributed by atoms with Gasteiger partial charge in [0, 0.05) is 0 Å². The molecule has 0 fully saturated rings. The number of nitriles is 1. The monoisotopic (exact) mass is 258 g/mol. The number of sulfonamides is 1. The first-order chi connectivity index (χ1) is 7.15. The molecule has 0 aliphatic carbocycles. The van der Waals surface area contributed by atoms with E-state index in [9.17, 15) is 8.42 Å². The van der Waals surface area contributed by atoms with Crippen LogP contribution in [-0.4, -0.2) is 14.7 Å². The maximum absolute atomic E-state index is 11.1. The van der Waals surface area contributed by atoms with E-state index in [0.717, 1.165) is 11.8 Å². The van der Waals surface area contributed by atoms with Crippen molar-refractivity contribution in [1.82, 2.24) is 0 Å². The molecule has 16 heavy (non-hydrogen) atoms. The van der Waals surface area contributed by atoms with Crippen molar-refractivity contribution in [2.45, 2.75) is 26.2 Å². The van der Waals surface area contributed by atoms with Gasteiger partial charge in [-0.3, -0.25) is 4.72 Å². The minimum Gasteiger partial charge on any atom is -0.273 e. The standard InChI is InChI=1S/C10H14N2O2S2/c1-10(2,3)8-6-15-9(7(8)5-11)12-16(4,13)14/h6,12H,1-4H3. The third-order valence-corrected chi connectivity index (χ3v) is 3.59. The summed E-state index contributed by atoms with van der Waals surface area (Å²) in [4.78, 5) is 0. The molecule has 0 spiro atoms. The predicted molar refractivity (Wildman–Crippen MR) is 66.2 cm³/mol. The summed E-state index contributed by atoms with van der Waals surface area (Å²) in [6.45, 7) is 5.96. The van der Waals surface area contributed by atoms with Gasteiger partial charge in [-0.15, -0.1) is 11.3 Å². The quantitative estimate of drug-likeness (QED) is 0.884. The van der Waals surface area contributed by atoms with Gasteiger partial charge in [0.15, 0.2) is 0 Å². The summed E-state index contributed by atoms with van der Waals surface area (Å²) in [5, 5.41) is 11.3. The van der Waals surface area contributed by atoms with Gasteiger partial charge < -0.3 is 0 Å². The Morgan fingerprint density at radius 1 is 1.44 bits per heavy atom. The number of hydrogen-bond acceptors (Lipinski definition) is 4. The van der Waals surface area contributed by atoms with Crippen molar-refractivity contribution in [3.05, 3.63) is 16.5 Å². The Morgan fingerprint density at radius 3 is 2.38 bits per heavy atom. The molecule has 1 aromatic heterocycles. The van der Waals surface area contributed by atoms with Crippen LogP contribution in [0.2, 0.25) is 0 Å². The highest BCUT2D eigenvalue weighted by Gasteiger charge is 2.23. The van der Waals surface area contributed by atoms with Crippen LogP contribution in [0.4, 0.5) is 5.00 Å². The molecule has 6 heteroatoms. The Bertz CT molecular complexity index is 530. The van der Waals surface area contributed by atoms with Crippen LogP contribution in [0.15, 0.2) is 5.38 Å². The molecule has 0 aliphatic rings. The highest BCUT2D eigenvalue weighted by atomic mass is 32.2. The number of thiophene rings is 1. The Hall–Kier alpha value is -1.06. The maximum atomic E-state index is 11.1. The van der Waals surface area contributed by atoms with E-state index in [4.69, 9.17) is 5.26 Å². The molecule has 0 aromatic carbocycles. The highest BCUT2D eigenvalue weighted by molar-refractivity contribution is 7.92. The van der Waals surface area contributed by atoms with Crippen LogP contribution in [-0.2, 0) is 15.4 Å². The summed E-state index contributed by atoms with van der Waals surface area (Å²) in [6.07, 6.45) is 1.07. The largest absolute Gasteiger partial charge is 0.273 e. The zero-order valence-corrected chi connectivity index (χ0v) is 11.3. The van der Waals surface area contributed by atoms with Crippen LogP contribution in [0.1, 0.15) is 31.9 Å². The van der Waals surface area contributed by atoms with E-state index in [1.54, 1.807) is 0 Å². The Morgan fingerprint density at radius 2 is 2.00 bits per heavy atom. The van der Waals surface area contributed by atoms with Crippen molar-refractivity contribution in [3.63, 3.8) is 0 Å². The average Bonchev–Trinajstić information content (AvgIpc) is 2.43. The maximum Gasteiger partial charge on any atom is 0.230 e. The smallest absolute Gasteiger partial charge is 0.230 e. The van der Waals surface area contributed by atoms with Crippen molar-refractivity contribution >= 4 is 26.4 Å². The summed E-state index contributed by atoms with van der Waals surface area (Å²) in [7, 11) is -3.33. The van der Waals surface area contributed by atoms with E-state index in [0.29, 0.717) is 10.6 Å². The first-order valence-electron chi connectivity index (χ1n) is 4.65. The zero-order valence-electron chi connectivity index (χ0n) is 9.66. The predicted octanol–water partition coefficient (Wildman–Crippen LogP) is 2.29. The second-order valence-electron chi connectivity index (χ2n) is 4.59. The zero-order chi connectivity index (χ0) is 12.6. The summed E-state index contributed by atoms with van der Waals surface area (Å²) < 4.78 is 24.6. The highest BCUT2D eigenvalue weighted by Crippen LogP contribution is 2.35. The Kier molecular flexibility index (Phi) is 3.31. The number of nitrogens with one attached hydrogen (secondary N) is 1. The van der Waals surface area contributed by atoms with Crippen LogP contribution in [0.3, 0.4) is 0 Å². The second-order valence-corrected chi connectivity index (χ2v) is 7.22. The topological polar surface area (TPSA) is 70.0 Å². The van der Waals surface area contributed by atoms with Crippen molar-refractivity contribution in [3.8, 4) is 6.07 Å². The molecule has 0 saturated heterocycles. The fourth-order valence-electron chi connectivity index (χ4n) is 1.26. The molecule has 1 rings (SSSR count). The summed E-state index contributed by atoms with van der Waals surface area (Å²) in [5.41, 5.74) is 1.12. The van der Waals surface area contributed by atoms with E-state index < -0.39 is 10.0 Å². The molecule has 0 saturated carbocycles. The molecular weight excluding hydrogens is 244 g/mol. The Balaban J connectivity index is 3.27. The summed E-state index contributed by atoms with van der Waals surface area (Å²) in [6, 6.07) is 2.06. The van der Waals surface area contributed by atoms with E-state index in [1.165, 1.54) is 11.3 Å². The van der Waals surface area contributed by atoms with E-state index >= 15 is 0 Å². The Labute approximate surface area is 100.0 Å². The van der Waals surface area contributed by atoms with E-state index in [1.807, 2.05) is 26.2 Å². The normalized spacial score (nSPS) is 12.2. The number of anilines is 1. The fraction of sp³-hybridized carbons (Fsp3) is 0.500. The molecule has 0 aliphatic heterocycles. The van der Waals surface area contributed by atoms with E-state index in [2.05, 4.69) is 10.8 Å². The SMILES string of the molecule is CC(C)(C)c1csc(NS(C)(=O)=O)c1C#N. The first-order valence-corrected chi connectivity index (χ1v) is 7.42. The van der Waals surface area contributed by atoms with Gasteiger partial charge in [0.25, 0.3) is 0 Å². The lowest BCUT2D eigenvalue weighted by Crippen LogP contribution is -2.13. The van der Waals surface area contributed by atoms with Crippen LogP contribution < -0.4 is 4.72 Å². The molecule has 88 valence electrons. The summed E-state index contributed by atoms with van der Waals surface area (Å²) in [5.74, 6) is 0. The third-order valence-electron chi connectivity index (χ3n) is 1.99. The molecule has 0 amide bonds. The van der Waals surface area contributed by atoms with Crippen LogP contribution in [0.5, 0.6) is 0 Å². The van der Waals surface area contributed by atoms with Gasteiger partial charge in [0.05, 0.1) is 11.8 Å². The van der Waals surface area contributed by atoms with Crippen molar-refractivity contribution < 1.29 is 8.42 Å². The lowest BCUT2D eigenvalue weighted by Gasteiger charge is -2.17. The van der Waals surface area contributed by atoms with Crippen LogP contribution >= 0.6 is 11.3 Å². The number of hydrogen-bond donors (Lipinski definition) is 1. The van der Waals surface area contributed by atoms with Gasteiger partial charge in [-0.05, 0) is 16.4 Å². The van der Waals surface area contributed by atoms with Crippen molar-refractivity contribution in [2.24, 2.45) is 0 Å². The third kappa shape index (κ3) is 2.97. The molecule has 1 aromatic rings. The minimum absolute atomic E-state index is 0.168. The molecule has 0 unspecified atom stereocenters. The average molecular weight is 258 g/mol. The fourth-order valence-corrected chi connectivity index (χ4v) is 3.33. The number of nitrogens with zero attached hydrogens (tertiary/aromatic N) is 1. The first kappa shape index (κ1) is 13.0. The number of rotatable bonds is 2. The summed E-state index contributed by atoms with van der Waals surface area (Å²) >= 11 is 1.24. The minimum atomic E-state index is -3.33. The molecule has 0 atom stereocenters. The molecule has 1 N–H and O–H groups in total. The lowest BCUT2D eigenvalue weighted by molar-refractivity contribution is 0.591. The van der Waals surface area contributed by atoms with Gasteiger partial charge in [0.2, 0.25) is 10.0 Å². The lowest BCUT2D eigenvalue weighted by atomic mass is 9.86. The molecular formula is C10H14N2O2S2. The van der Waals surface area contributed by atoms with Crippen molar-refractivity contribution in [2.75, 3.05) is 11.0 Å². The van der Waals surface area contributed by atoms with Gasteiger partial charge in [-0.25, -0.2) is 8.42 Å². The second kappa shape index (κ2) is 4.07. The van der Waals surface area contributed by atoms with Gasteiger partial charge in [-0.1, -0.05) is 20.8 Å². The molecule has 0 radical (unpaired) electrons. The molecule has 0 bridgehead atoms.